The summed E-state index contributed by atoms with van der Waals surface area (Å²) in [4.78, 5) is 8.60. The van der Waals surface area contributed by atoms with Crippen LogP contribution in [0.1, 0.15) is 26.2 Å². The van der Waals surface area contributed by atoms with Crippen LogP contribution in [0, 0.1) is 0 Å². The van der Waals surface area contributed by atoms with Crippen LogP contribution in [0.4, 0.5) is 0 Å². The van der Waals surface area contributed by atoms with E-state index in [4.69, 9.17) is 10.6 Å². The predicted molar refractivity (Wildman–Crippen MR) is 42.2 cm³/mol. The Balaban J connectivity index is 3.21. The summed E-state index contributed by atoms with van der Waals surface area (Å²) < 4.78 is 10.4. The zero-order chi connectivity index (χ0) is 7.98. The normalized spacial score (nSPS) is 14.9. The summed E-state index contributed by atoms with van der Waals surface area (Å²) in [6.45, 7) is 2.46. The lowest BCUT2D eigenvalue weighted by molar-refractivity contribution is 0.484. The lowest BCUT2D eigenvalue weighted by Gasteiger charge is -1.95. The molecule has 0 bridgehead atoms. The van der Waals surface area contributed by atoms with Crippen molar-refractivity contribution in [3.63, 3.8) is 0 Å². The maximum absolute atomic E-state index is 10.4. The monoisotopic (exact) mass is 164 g/mol. The van der Waals surface area contributed by atoms with Crippen LogP contribution in [0.3, 0.4) is 0 Å². The zero-order valence-corrected chi connectivity index (χ0v) is 7.18. The van der Waals surface area contributed by atoms with E-state index in [9.17, 15) is 4.57 Å². The maximum Gasteiger partial charge on any atom is 0.508 e. The second kappa shape index (κ2) is 5.78. The molecule has 0 aromatic carbocycles. The second-order valence-electron chi connectivity index (χ2n) is 2.44. The van der Waals surface area contributed by atoms with E-state index >= 15 is 0 Å². The number of hydrogen-bond acceptors (Lipinski definition) is 2. The van der Waals surface area contributed by atoms with E-state index in [0.717, 1.165) is 19.3 Å². The minimum absolute atomic E-state index is 0.0680. The molecule has 0 aliphatic rings. The molecule has 0 aliphatic heterocycles. The SMILES string of the molecule is CC(CCCCN)[P+](=O)O. The Morgan fingerprint density at radius 3 is 2.60 bits per heavy atom. The quantitative estimate of drug-likeness (QED) is 0.474. The van der Waals surface area contributed by atoms with Crippen molar-refractivity contribution in [2.45, 2.75) is 31.8 Å². The molecule has 0 aromatic heterocycles. The predicted octanol–water partition coefficient (Wildman–Crippen LogP) is 1.24. The highest BCUT2D eigenvalue weighted by Crippen LogP contribution is 2.25. The van der Waals surface area contributed by atoms with Gasteiger partial charge in [0.2, 0.25) is 0 Å². The molecule has 0 rings (SSSR count). The summed E-state index contributed by atoms with van der Waals surface area (Å²) in [7, 11) is -1.97. The fraction of sp³-hybridized carbons (Fsp3) is 1.00. The van der Waals surface area contributed by atoms with Crippen molar-refractivity contribution in [1.82, 2.24) is 0 Å². The van der Waals surface area contributed by atoms with Gasteiger partial charge >= 0.3 is 8.03 Å². The Bertz CT molecular complexity index is 108. The van der Waals surface area contributed by atoms with Crippen LogP contribution in [0.15, 0.2) is 0 Å². The average molecular weight is 164 g/mol. The molecule has 0 aliphatic carbocycles. The highest BCUT2D eigenvalue weighted by atomic mass is 31.1. The minimum atomic E-state index is -1.97. The fourth-order valence-corrected chi connectivity index (χ4v) is 1.10. The van der Waals surface area contributed by atoms with Gasteiger partial charge in [-0.1, -0.05) is 0 Å². The molecular weight excluding hydrogens is 149 g/mol. The van der Waals surface area contributed by atoms with Gasteiger partial charge in [0.05, 0.1) is 0 Å². The fourth-order valence-electron chi connectivity index (χ4n) is 0.695. The molecule has 0 aromatic rings. The number of rotatable bonds is 5. The number of nitrogens with two attached hydrogens (primary N) is 1. The summed E-state index contributed by atoms with van der Waals surface area (Å²) in [6, 6.07) is 0. The first kappa shape index (κ1) is 10.0. The lowest BCUT2D eigenvalue weighted by atomic mass is 10.2. The Morgan fingerprint density at radius 1 is 1.60 bits per heavy atom. The zero-order valence-electron chi connectivity index (χ0n) is 6.29. The molecule has 0 spiro atoms. The number of unbranched alkanes of at least 4 members (excludes halogenated alkanes) is 1. The third kappa shape index (κ3) is 4.86. The molecule has 0 saturated heterocycles. The Kier molecular flexibility index (Phi) is 5.79. The maximum atomic E-state index is 10.4. The van der Waals surface area contributed by atoms with Crippen LogP contribution in [0.2, 0.25) is 0 Å². The van der Waals surface area contributed by atoms with Crippen molar-refractivity contribution in [1.29, 1.82) is 0 Å². The van der Waals surface area contributed by atoms with Crippen molar-refractivity contribution >= 4 is 8.03 Å². The van der Waals surface area contributed by atoms with Gasteiger partial charge < -0.3 is 5.73 Å². The molecule has 60 valence electrons. The minimum Gasteiger partial charge on any atom is -0.330 e. The summed E-state index contributed by atoms with van der Waals surface area (Å²) in [5.41, 5.74) is 5.19. The molecule has 0 saturated carbocycles. The van der Waals surface area contributed by atoms with Crippen molar-refractivity contribution in [3.8, 4) is 0 Å². The Morgan fingerprint density at radius 2 is 2.20 bits per heavy atom. The smallest absolute Gasteiger partial charge is 0.330 e. The third-order valence-corrected chi connectivity index (χ3v) is 2.47. The van der Waals surface area contributed by atoms with Crippen LogP contribution in [0.25, 0.3) is 0 Å². The molecule has 3 N–H and O–H groups in total. The lowest BCUT2D eigenvalue weighted by Crippen LogP contribution is -2.01. The van der Waals surface area contributed by atoms with Crippen molar-refractivity contribution in [2.75, 3.05) is 6.54 Å². The Labute approximate surface area is 62.5 Å². The van der Waals surface area contributed by atoms with E-state index in [2.05, 4.69) is 0 Å². The van der Waals surface area contributed by atoms with Crippen LogP contribution in [-0.4, -0.2) is 17.1 Å². The van der Waals surface area contributed by atoms with E-state index in [0.29, 0.717) is 6.54 Å². The van der Waals surface area contributed by atoms with Crippen molar-refractivity contribution in [2.24, 2.45) is 5.73 Å². The van der Waals surface area contributed by atoms with Gasteiger partial charge in [0.1, 0.15) is 0 Å². The van der Waals surface area contributed by atoms with E-state index in [1.165, 1.54) is 0 Å². The van der Waals surface area contributed by atoms with Gasteiger partial charge in [-0.2, -0.15) is 4.89 Å². The molecule has 10 heavy (non-hydrogen) atoms. The van der Waals surface area contributed by atoms with Gasteiger partial charge in [0, 0.05) is 0 Å². The molecular formula is C6H15NO2P+. The topological polar surface area (TPSA) is 63.3 Å². The molecule has 0 radical (unpaired) electrons. The average Bonchev–Trinajstić information content (AvgIpc) is 1.88. The van der Waals surface area contributed by atoms with Crippen LogP contribution >= 0.6 is 8.03 Å². The van der Waals surface area contributed by atoms with Gasteiger partial charge in [0.15, 0.2) is 5.66 Å². The highest BCUT2D eigenvalue weighted by molar-refractivity contribution is 7.38. The van der Waals surface area contributed by atoms with Crippen LogP contribution < -0.4 is 5.73 Å². The molecule has 0 amide bonds. The first-order chi connectivity index (χ1) is 4.68. The largest absolute Gasteiger partial charge is 0.508 e. The molecule has 2 unspecified atom stereocenters. The van der Waals surface area contributed by atoms with Crippen LogP contribution in [0.5, 0.6) is 0 Å². The third-order valence-electron chi connectivity index (χ3n) is 1.45. The summed E-state index contributed by atoms with van der Waals surface area (Å²) in [6.07, 6.45) is 2.72. The van der Waals surface area contributed by atoms with Crippen molar-refractivity contribution in [3.05, 3.63) is 0 Å². The van der Waals surface area contributed by atoms with E-state index < -0.39 is 8.03 Å². The summed E-state index contributed by atoms with van der Waals surface area (Å²) in [5.74, 6) is 0. The number of hydrogen-bond donors (Lipinski definition) is 2. The Hall–Kier alpha value is 0.0200. The molecule has 0 heterocycles. The van der Waals surface area contributed by atoms with Gasteiger partial charge in [-0.3, -0.25) is 0 Å². The van der Waals surface area contributed by atoms with Crippen molar-refractivity contribution < 1.29 is 9.46 Å². The standard InChI is InChI=1S/C6H14NO2P/c1-6(10(8)9)4-2-3-5-7/h6H,2-5,7H2,1H3/p+1. The first-order valence-electron chi connectivity index (χ1n) is 3.53. The first-order valence-corrected chi connectivity index (χ1v) is 4.82. The summed E-state index contributed by atoms with van der Waals surface area (Å²) >= 11 is 0. The molecule has 0 fully saturated rings. The van der Waals surface area contributed by atoms with E-state index in [1.54, 1.807) is 6.92 Å². The van der Waals surface area contributed by atoms with Gasteiger partial charge in [-0.25, -0.2) is 0 Å². The van der Waals surface area contributed by atoms with E-state index in [1.807, 2.05) is 0 Å². The second-order valence-corrected chi connectivity index (χ2v) is 3.92. The molecule has 4 heteroatoms. The van der Waals surface area contributed by atoms with Gasteiger partial charge in [-0.05, 0) is 37.3 Å². The highest BCUT2D eigenvalue weighted by Gasteiger charge is 2.21. The van der Waals surface area contributed by atoms with Crippen LogP contribution in [-0.2, 0) is 4.57 Å². The van der Waals surface area contributed by atoms with Gasteiger partial charge in [-0.15, -0.1) is 0 Å². The molecule has 2 atom stereocenters. The summed E-state index contributed by atoms with van der Waals surface area (Å²) in [5, 5.41) is 0. The molecule has 3 nitrogen and oxygen atoms in total. The van der Waals surface area contributed by atoms with Gasteiger partial charge in [0.25, 0.3) is 0 Å². The van der Waals surface area contributed by atoms with E-state index in [-0.39, 0.29) is 5.66 Å².